The van der Waals surface area contributed by atoms with Crippen LogP contribution in [0.2, 0.25) is 5.02 Å². The van der Waals surface area contributed by atoms with Gasteiger partial charge in [0.05, 0.1) is 17.3 Å². The number of carbonyl (C=O) groups excluding carboxylic acids is 1. The fraction of sp³-hybridized carbons (Fsp3) is 0.250. The minimum Gasteiger partial charge on any atom is -0.492 e. The number of halogens is 1. The number of nitrogens with zero attached hydrogens (tertiary/aromatic N) is 2. The highest BCUT2D eigenvalue weighted by atomic mass is 35.5. The Morgan fingerprint density at radius 1 is 1.45 bits per heavy atom. The van der Waals surface area contributed by atoms with Crippen molar-refractivity contribution in [3.05, 3.63) is 47.1 Å². The predicted octanol–water partition coefficient (Wildman–Crippen LogP) is 3.73. The molecule has 0 spiro atoms. The Balaban J connectivity index is 1.82. The molecule has 3 rings (SSSR count). The lowest BCUT2D eigenvalue weighted by molar-refractivity contribution is 0.257. The summed E-state index contributed by atoms with van der Waals surface area (Å²) in [6.45, 7) is 3.08. The number of pyridine rings is 1. The molecule has 0 saturated heterocycles. The molecule has 1 aliphatic heterocycles. The maximum atomic E-state index is 12.4. The molecule has 0 unspecified atom stereocenters. The van der Waals surface area contributed by atoms with Crippen LogP contribution in [0.5, 0.6) is 5.75 Å². The minimum atomic E-state index is -0.210. The normalized spacial score (nSPS) is 12.9. The van der Waals surface area contributed by atoms with Gasteiger partial charge in [0.1, 0.15) is 11.6 Å². The number of fused-ring (bicyclic) bond motifs is 1. The SMILES string of the molecule is CCOc1cc2c(cc1Cl)N(C(=O)Nc1ccccn1)CC2. The Morgan fingerprint density at radius 2 is 2.32 bits per heavy atom. The summed E-state index contributed by atoms with van der Waals surface area (Å²) >= 11 is 6.22. The van der Waals surface area contributed by atoms with Gasteiger partial charge in [-0.3, -0.25) is 10.2 Å². The lowest BCUT2D eigenvalue weighted by atomic mass is 10.1. The zero-order valence-electron chi connectivity index (χ0n) is 12.2. The molecule has 0 fully saturated rings. The van der Waals surface area contributed by atoms with Crippen molar-refractivity contribution in [1.82, 2.24) is 4.98 Å². The molecule has 5 nitrogen and oxygen atoms in total. The van der Waals surface area contributed by atoms with E-state index < -0.39 is 0 Å². The summed E-state index contributed by atoms with van der Waals surface area (Å²) < 4.78 is 5.49. The number of amides is 2. The highest BCUT2D eigenvalue weighted by Crippen LogP contribution is 2.37. The molecule has 2 aromatic rings. The van der Waals surface area contributed by atoms with E-state index in [4.69, 9.17) is 16.3 Å². The van der Waals surface area contributed by atoms with E-state index in [-0.39, 0.29) is 6.03 Å². The summed E-state index contributed by atoms with van der Waals surface area (Å²) in [7, 11) is 0. The number of ether oxygens (including phenoxy) is 1. The number of hydrogen-bond acceptors (Lipinski definition) is 3. The van der Waals surface area contributed by atoms with Crippen molar-refractivity contribution in [2.45, 2.75) is 13.3 Å². The molecule has 0 radical (unpaired) electrons. The molecule has 0 atom stereocenters. The van der Waals surface area contributed by atoms with Gasteiger partial charge < -0.3 is 4.74 Å². The summed E-state index contributed by atoms with van der Waals surface area (Å²) in [4.78, 5) is 18.2. The van der Waals surface area contributed by atoms with Crippen molar-refractivity contribution in [3.63, 3.8) is 0 Å². The van der Waals surface area contributed by atoms with E-state index in [0.717, 1.165) is 17.7 Å². The van der Waals surface area contributed by atoms with E-state index >= 15 is 0 Å². The summed E-state index contributed by atoms with van der Waals surface area (Å²) in [5.74, 6) is 1.19. The molecule has 22 heavy (non-hydrogen) atoms. The molecule has 0 aliphatic carbocycles. The maximum absolute atomic E-state index is 12.4. The number of aromatic nitrogens is 1. The Morgan fingerprint density at radius 3 is 3.05 bits per heavy atom. The Kier molecular flexibility index (Phi) is 4.15. The van der Waals surface area contributed by atoms with Gasteiger partial charge in [-0.25, -0.2) is 9.78 Å². The second-order valence-electron chi connectivity index (χ2n) is 4.89. The van der Waals surface area contributed by atoms with Crippen LogP contribution in [-0.4, -0.2) is 24.2 Å². The van der Waals surface area contributed by atoms with Crippen molar-refractivity contribution in [3.8, 4) is 5.75 Å². The minimum absolute atomic E-state index is 0.210. The molecule has 0 bridgehead atoms. The van der Waals surface area contributed by atoms with E-state index in [0.29, 0.717) is 29.7 Å². The van der Waals surface area contributed by atoms with Crippen molar-refractivity contribution in [1.29, 1.82) is 0 Å². The summed E-state index contributed by atoms with van der Waals surface area (Å²) in [5.41, 5.74) is 1.88. The Labute approximate surface area is 133 Å². The van der Waals surface area contributed by atoms with Gasteiger partial charge in [-0.15, -0.1) is 0 Å². The standard InChI is InChI=1S/C16H16ClN3O2/c1-2-22-14-9-11-6-8-20(13(11)10-12(14)17)16(21)19-15-5-3-4-7-18-15/h3-5,7,9-10H,2,6,8H2,1H3,(H,18,19,21). The fourth-order valence-electron chi connectivity index (χ4n) is 2.48. The zero-order chi connectivity index (χ0) is 15.5. The van der Waals surface area contributed by atoms with Gasteiger partial charge in [-0.1, -0.05) is 17.7 Å². The second kappa shape index (κ2) is 6.23. The third-order valence-corrected chi connectivity index (χ3v) is 3.77. The topological polar surface area (TPSA) is 54.5 Å². The van der Waals surface area contributed by atoms with E-state index in [1.54, 1.807) is 29.3 Å². The molecular weight excluding hydrogens is 302 g/mol. The predicted molar refractivity (Wildman–Crippen MR) is 86.9 cm³/mol. The number of urea groups is 1. The third-order valence-electron chi connectivity index (χ3n) is 3.47. The van der Waals surface area contributed by atoms with Crippen LogP contribution in [0.25, 0.3) is 0 Å². The number of anilines is 2. The van der Waals surface area contributed by atoms with Crippen molar-refractivity contribution >= 4 is 29.1 Å². The molecule has 1 N–H and O–H groups in total. The number of hydrogen-bond donors (Lipinski definition) is 1. The van der Waals surface area contributed by atoms with Crippen LogP contribution >= 0.6 is 11.6 Å². The van der Waals surface area contributed by atoms with Gasteiger partial charge in [0.15, 0.2) is 0 Å². The average Bonchev–Trinajstić information content (AvgIpc) is 2.91. The van der Waals surface area contributed by atoms with Gasteiger partial charge in [0.25, 0.3) is 0 Å². The first kappa shape index (κ1) is 14.7. The first-order valence-corrected chi connectivity index (χ1v) is 7.51. The van der Waals surface area contributed by atoms with E-state index in [1.165, 1.54) is 0 Å². The van der Waals surface area contributed by atoms with Crippen LogP contribution in [0.3, 0.4) is 0 Å². The maximum Gasteiger partial charge on any atom is 0.327 e. The smallest absolute Gasteiger partial charge is 0.327 e. The van der Waals surface area contributed by atoms with Gasteiger partial charge >= 0.3 is 6.03 Å². The third kappa shape index (κ3) is 2.85. The van der Waals surface area contributed by atoms with Crippen LogP contribution in [-0.2, 0) is 6.42 Å². The molecule has 2 heterocycles. The summed E-state index contributed by atoms with van der Waals surface area (Å²) in [5, 5.41) is 3.30. The lowest BCUT2D eigenvalue weighted by Crippen LogP contribution is -2.33. The molecule has 2 amide bonds. The number of rotatable bonds is 3. The van der Waals surface area contributed by atoms with Crippen LogP contribution in [0.15, 0.2) is 36.5 Å². The molecule has 1 aromatic carbocycles. The fourth-order valence-corrected chi connectivity index (χ4v) is 2.69. The summed E-state index contributed by atoms with van der Waals surface area (Å²) in [6, 6.07) is 8.86. The van der Waals surface area contributed by atoms with Crippen molar-refractivity contribution in [2.24, 2.45) is 0 Å². The van der Waals surface area contributed by atoms with Gasteiger partial charge in [-0.05, 0) is 43.2 Å². The van der Waals surface area contributed by atoms with Crippen molar-refractivity contribution < 1.29 is 9.53 Å². The Bertz CT molecular complexity index is 691. The van der Waals surface area contributed by atoms with Crippen LogP contribution in [0.4, 0.5) is 16.3 Å². The van der Waals surface area contributed by atoms with Crippen molar-refractivity contribution in [2.75, 3.05) is 23.4 Å². The Hall–Kier alpha value is -2.27. The molecule has 1 aromatic heterocycles. The molecular formula is C16H16ClN3O2. The zero-order valence-corrected chi connectivity index (χ0v) is 12.9. The summed E-state index contributed by atoms with van der Waals surface area (Å²) in [6.07, 6.45) is 2.42. The number of benzene rings is 1. The van der Waals surface area contributed by atoms with Crippen LogP contribution in [0, 0.1) is 0 Å². The highest BCUT2D eigenvalue weighted by molar-refractivity contribution is 6.32. The largest absolute Gasteiger partial charge is 0.492 e. The van der Waals surface area contributed by atoms with E-state index in [2.05, 4.69) is 10.3 Å². The monoisotopic (exact) mass is 317 g/mol. The van der Waals surface area contributed by atoms with Crippen LogP contribution < -0.4 is 15.0 Å². The van der Waals surface area contributed by atoms with E-state index in [9.17, 15) is 4.79 Å². The first-order valence-electron chi connectivity index (χ1n) is 7.14. The second-order valence-corrected chi connectivity index (χ2v) is 5.30. The quantitative estimate of drug-likeness (QED) is 0.938. The van der Waals surface area contributed by atoms with E-state index in [1.807, 2.05) is 19.1 Å². The molecule has 114 valence electrons. The van der Waals surface area contributed by atoms with Gasteiger partial charge in [0, 0.05) is 12.7 Å². The lowest BCUT2D eigenvalue weighted by Gasteiger charge is -2.18. The highest BCUT2D eigenvalue weighted by Gasteiger charge is 2.26. The number of nitrogens with one attached hydrogen (secondary N) is 1. The molecule has 0 saturated carbocycles. The van der Waals surface area contributed by atoms with Gasteiger partial charge in [-0.2, -0.15) is 0 Å². The average molecular weight is 318 g/mol. The van der Waals surface area contributed by atoms with Gasteiger partial charge in [0.2, 0.25) is 0 Å². The molecule has 1 aliphatic rings. The van der Waals surface area contributed by atoms with Crippen LogP contribution in [0.1, 0.15) is 12.5 Å². The molecule has 6 heteroatoms. The first-order chi connectivity index (χ1) is 10.7. The number of carbonyl (C=O) groups is 1.